The zero-order chi connectivity index (χ0) is 18.7. The molecule has 4 fully saturated rings. The Morgan fingerprint density at radius 2 is 1.70 bits per heavy atom. The number of nitrogens with one attached hydrogen (secondary N) is 1. The van der Waals surface area contributed by atoms with Crippen LogP contribution in [0.15, 0.2) is 30.3 Å². The summed E-state index contributed by atoms with van der Waals surface area (Å²) < 4.78 is 0. The molecule has 4 aliphatic carbocycles. The zero-order valence-electron chi connectivity index (χ0n) is 17.0. The fraction of sp³-hybridized carbons (Fsp3) is 0.652. The Labute approximate surface area is 162 Å². The van der Waals surface area contributed by atoms with Gasteiger partial charge >= 0.3 is 0 Å². The van der Waals surface area contributed by atoms with E-state index in [2.05, 4.69) is 56.4 Å². The third-order valence-electron chi connectivity index (χ3n) is 7.31. The number of hydrogen-bond acceptors (Lipinski definition) is 3. The molecule has 1 aromatic heterocycles. The molecule has 1 heterocycles. The van der Waals surface area contributed by atoms with Crippen LogP contribution in [0.2, 0.25) is 0 Å². The number of aryl methyl sites for hydroxylation is 1. The van der Waals surface area contributed by atoms with Gasteiger partial charge in [0.1, 0.15) is 11.4 Å². The van der Waals surface area contributed by atoms with E-state index >= 15 is 0 Å². The largest absolute Gasteiger partial charge is 0.305 e. The third kappa shape index (κ3) is 3.02. The summed E-state index contributed by atoms with van der Waals surface area (Å²) in [6.07, 6.45) is 8.30. The molecule has 2 unspecified atom stereocenters. The number of benzene rings is 1. The van der Waals surface area contributed by atoms with Crippen molar-refractivity contribution < 1.29 is 0 Å². The molecular weight excluding hydrogens is 332 g/mol. The van der Waals surface area contributed by atoms with Crippen molar-refractivity contribution in [2.24, 2.45) is 16.7 Å². The van der Waals surface area contributed by atoms with E-state index in [4.69, 9.17) is 10.2 Å². The molecule has 0 spiro atoms. The predicted octanol–water partition coefficient (Wildman–Crippen LogP) is 4.80. The number of rotatable bonds is 5. The number of nitrogens with zero attached hydrogens (tertiary/aromatic N) is 3. The van der Waals surface area contributed by atoms with Gasteiger partial charge in [0.2, 0.25) is 0 Å². The molecule has 27 heavy (non-hydrogen) atoms. The van der Waals surface area contributed by atoms with Crippen LogP contribution >= 0.6 is 0 Å². The molecule has 4 nitrogen and oxygen atoms in total. The lowest BCUT2D eigenvalue weighted by atomic mass is 9.43. The first-order chi connectivity index (χ1) is 12.9. The second kappa shape index (κ2) is 5.91. The highest BCUT2D eigenvalue weighted by Gasteiger charge is 2.59. The Morgan fingerprint density at radius 3 is 2.33 bits per heavy atom. The minimum absolute atomic E-state index is 0.298. The summed E-state index contributed by atoms with van der Waals surface area (Å²) in [6.45, 7) is 8.81. The highest BCUT2D eigenvalue weighted by molar-refractivity contribution is 5.60. The quantitative estimate of drug-likeness (QED) is 0.828. The van der Waals surface area contributed by atoms with Crippen molar-refractivity contribution >= 4 is 0 Å². The van der Waals surface area contributed by atoms with Gasteiger partial charge in [0.15, 0.2) is 0 Å². The fourth-order valence-corrected chi connectivity index (χ4v) is 7.38. The van der Waals surface area contributed by atoms with Crippen LogP contribution in [-0.4, -0.2) is 20.5 Å². The van der Waals surface area contributed by atoms with Gasteiger partial charge in [-0.1, -0.05) is 44.2 Å². The Bertz CT molecular complexity index is 821. The average molecular weight is 365 g/mol. The zero-order valence-corrected chi connectivity index (χ0v) is 17.0. The molecule has 0 amide bonds. The van der Waals surface area contributed by atoms with Gasteiger partial charge in [-0.15, -0.1) is 0 Å². The lowest BCUT2D eigenvalue weighted by Gasteiger charge is -2.65. The molecule has 1 N–H and O–H groups in total. The standard InChI is InChI=1S/C23H32N4/c1-4-27-25-19(20(26-27)18-8-6-5-7-9-18)13-24-23-12-17-10-21(2,15-23)14-22(3,11-17)16-23/h5-9,17,24H,4,10-16H2,1-3H3/t17?,21-,22+,23?. The second-order valence-electron chi connectivity index (χ2n) is 10.3. The smallest absolute Gasteiger partial charge is 0.117 e. The van der Waals surface area contributed by atoms with Crippen molar-refractivity contribution in [1.29, 1.82) is 0 Å². The summed E-state index contributed by atoms with van der Waals surface area (Å²) in [6, 6.07) is 10.5. The lowest BCUT2D eigenvalue weighted by Crippen LogP contribution is -2.63. The van der Waals surface area contributed by atoms with Crippen molar-refractivity contribution in [1.82, 2.24) is 20.3 Å². The number of aromatic nitrogens is 3. The first-order valence-corrected chi connectivity index (χ1v) is 10.6. The Kier molecular flexibility index (Phi) is 3.81. The van der Waals surface area contributed by atoms with Crippen molar-refractivity contribution in [2.75, 3.05) is 0 Å². The van der Waals surface area contributed by atoms with Gasteiger partial charge in [-0.3, -0.25) is 0 Å². The maximum Gasteiger partial charge on any atom is 0.117 e. The van der Waals surface area contributed by atoms with Gasteiger partial charge in [-0.05, 0) is 62.2 Å². The lowest BCUT2D eigenvalue weighted by molar-refractivity contribution is -0.118. The average Bonchev–Trinajstić information content (AvgIpc) is 3.01. The molecule has 6 rings (SSSR count). The van der Waals surface area contributed by atoms with Gasteiger partial charge in [-0.2, -0.15) is 15.0 Å². The van der Waals surface area contributed by atoms with E-state index < -0.39 is 0 Å². The second-order valence-corrected chi connectivity index (χ2v) is 10.3. The van der Waals surface area contributed by atoms with E-state index in [1.54, 1.807) is 0 Å². The van der Waals surface area contributed by atoms with Crippen LogP contribution in [-0.2, 0) is 13.1 Å². The van der Waals surface area contributed by atoms with Crippen LogP contribution in [0.25, 0.3) is 11.3 Å². The molecule has 4 bridgehead atoms. The summed E-state index contributed by atoms with van der Waals surface area (Å²) in [5.41, 5.74) is 4.65. The first kappa shape index (κ1) is 17.4. The van der Waals surface area contributed by atoms with Crippen LogP contribution in [0.1, 0.15) is 65.0 Å². The van der Waals surface area contributed by atoms with Crippen molar-refractivity contribution in [3.63, 3.8) is 0 Å². The molecule has 1 aromatic carbocycles. The molecule has 4 heteroatoms. The van der Waals surface area contributed by atoms with Crippen LogP contribution in [0.4, 0.5) is 0 Å². The van der Waals surface area contributed by atoms with E-state index in [0.717, 1.165) is 30.4 Å². The van der Waals surface area contributed by atoms with Gasteiger partial charge in [0.25, 0.3) is 0 Å². The number of hydrogen-bond donors (Lipinski definition) is 1. The van der Waals surface area contributed by atoms with Gasteiger partial charge in [0, 0.05) is 17.6 Å². The molecule has 144 valence electrons. The van der Waals surface area contributed by atoms with Crippen molar-refractivity contribution in [3.05, 3.63) is 36.0 Å². The normalized spacial score (nSPS) is 37.1. The highest BCUT2D eigenvalue weighted by Crippen LogP contribution is 2.66. The SMILES string of the molecule is CCn1nc(CNC23CC4C[C@@](C)(C2)C[C@](C)(C4)C3)c(-c2ccccc2)n1. The maximum atomic E-state index is 4.80. The fourth-order valence-electron chi connectivity index (χ4n) is 7.38. The highest BCUT2D eigenvalue weighted by atomic mass is 15.5. The Hall–Kier alpha value is -1.68. The van der Waals surface area contributed by atoms with Gasteiger partial charge in [-0.25, -0.2) is 0 Å². The molecule has 0 saturated heterocycles. The first-order valence-electron chi connectivity index (χ1n) is 10.6. The van der Waals surface area contributed by atoms with E-state index in [9.17, 15) is 0 Å². The maximum absolute atomic E-state index is 4.80. The minimum Gasteiger partial charge on any atom is -0.305 e. The molecule has 4 aliphatic rings. The topological polar surface area (TPSA) is 42.7 Å². The molecule has 0 radical (unpaired) electrons. The van der Waals surface area contributed by atoms with Crippen LogP contribution in [0.5, 0.6) is 0 Å². The van der Waals surface area contributed by atoms with Gasteiger partial charge < -0.3 is 5.32 Å². The predicted molar refractivity (Wildman–Crippen MR) is 108 cm³/mol. The molecule has 4 saturated carbocycles. The monoisotopic (exact) mass is 364 g/mol. The van der Waals surface area contributed by atoms with Gasteiger partial charge in [0.05, 0.1) is 6.54 Å². The summed E-state index contributed by atoms with van der Waals surface area (Å²) >= 11 is 0. The van der Waals surface area contributed by atoms with E-state index in [-0.39, 0.29) is 0 Å². The Balaban J connectivity index is 1.42. The minimum atomic E-state index is 0.298. The molecule has 4 atom stereocenters. The molecular formula is C23H32N4. The summed E-state index contributed by atoms with van der Waals surface area (Å²) in [5.74, 6) is 0.906. The van der Waals surface area contributed by atoms with E-state index in [1.165, 1.54) is 44.1 Å². The van der Waals surface area contributed by atoms with Crippen molar-refractivity contribution in [2.45, 2.75) is 77.9 Å². The van der Waals surface area contributed by atoms with E-state index in [1.807, 2.05) is 4.80 Å². The third-order valence-corrected chi connectivity index (χ3v) is 7.31. The van der Waals surface area contributed by atoms with E-state index in [0.29, 0.717) is 16.4 Å². The van der Waals surface area contributed by atoms with Crippen molar-refractivity contribution in [3.8, 4) is 11.3 Å². The molecule has 0 aliphatic heterocycles. The summed E-state index contributed by atoms with van der Waals surface area (Å²) in [4.78, 5) is 1.83. The molecule has 2 aromatic rings. The Morgan fingerprint density at radius 1 is 1.00 bits per heavy atom. The summed E-state index contributed by atoms with van der Waals surface area (Å²) in [5, 5.41) is 13.6. The van der Waals surface area contributed by atoms with Crippen LogP contribution in [0, 0.1) is 16.7 Å². The summed E-state index contributed by atoms with van der Waals surface area (Å²) in [7, 11) is 0. The van der Waals surface area contributed by atoms with Crippen LogP contribution in [0.3, 0.4) is 0 Å². The van der Waals surface area contributed by atoms with Crippen LogP contribution < -0.4 is 5.32 Å².